The Morgan fingerprint density at radius 2 is 2.24 bits per heavy atom. The first-order valence-electron chi connectivity index (χ1n) is 5.29. The van der Waals surface area contributed by atoms with Gasteiger partial charge in [0.2, 0.25) is 5.91 Å². The van der Waals surface area contributed by atoms with Crippen LogP contribution in [0, 0.1) is 6.92 Å². The highest BCUT2D eigenvalue weighted by atomic mass is 16.1. The van der Waals surface area contributed by atoms with E-state index in [1.807, 2.05) is 19.1 Å². The summed E-state index contributed by atoms with van der Waals surface area (Å²) in [5, 5.41) is 2.76. The summed E-state index contributed by atoms with van der Waals surface area (Å²) < 4.78 is 1.77. The van der Waals surface area contributed by atoms with E-state index in [0.29, 0.717) is 11.4 Å². The average Bonchev–Trinajstić information content (AvgIpc) is 2.68. The van der Waals surface area contributed by atoms with Crippen molar-refractivity contribution in [2.75, 3.05) is 11.1 Å². The third-order valence-electron chi connectivity index (χ3n) is 2.47. The van der Waals surface area contributed by atoms with Gasteiger partial charge in [-0.15, -0.1) is 0 Å². The highest BCUT2D eigenvalue weighted by Crippen LogP contribution is 2.16. The number of nitrogens with zero attached hydrogens (tertiary/aromatic N) is 2. The van der Waals surface area contributed by atoms with Crippen LogP contribution in [-0.4, -0.2) is 15.5 Å². The fourth-order valence-corrected chi connectivity index (χ4v) is 1.53. The van der Waals surface area contributed by atoms with Crippen molar-refractivity contribution < 1.29 is 4.79 Å². The molecule has 1 amide bonds. The molecule has 1 heterocycles. The Morgan fingerprint density at radius 1 is 1.47 bits per heavy atom. The van der Waals surface area contributed by atoms with Crippen molar-refractivity contribution >= 4 is 17.3 Å². The lowest BCUT2D eigenvalue weighted by atomic mass is 10.2. The first-order valence-corrected chi connectivity index (χ1v) is 5.29. The van der Waals surface area contributed by atoms with Gasteiger partial charge in [-0.05, 0) is 19.1 Å². The maximum absolute atomic E-state index is 11.8. The highest BCUT2D eigenvalue weighted by molar-refractivity contribution is 5.93. The number of aryl methyl sites for hydroxylation is 1. The topological polar surface area (TPSA) is 72.9 Å². The number of carbonyl (C=O) groups excluding carboxylic acids is 1. The molecule has 0 saturated heterocycles. The number of hydrogen-bond donors (Lipinski definition) is 2. The smallest absolute Gasteiger partial charge is 0.244 e. The summed E-state index contributed by atoms with van der Waals surface area (Å²) in [4.78, 5) is 15.8. The summed E-state index contributed by atoms with van der Waals surface area (Å²) in [6.45, 7) is 2.09. The average molecular weight is 230 g/mol. The van der Waals surface area contributed by atoms with Gasteiger partial charge < -0.3 is 15.6 Å². The normalized spacial score (nSPS) is 10.2. The molecule has 0 bridgehead atoms. The SMILES string of the molecule is Cc1nccn1CC(=O)Nc1ccccc1N. The molecular formula is C12H14N4O. The zero-order chi connectivity index (χ0) is 12.3. The number of imidazole rings is 1. The van der Waals surface area contributed by atoms with Crippen LogP contribution in [0.5, 0.6) is 0 Å². The number of aromatic nitrogens is 2. The van der Waals surface area contributed by atoms with Crippen molar-refractivity contribution in [3.05, 3.63) is 42.5 Å². The number of nitrogens with two attached hydrogens (primary N) is 1. The molecule has 0 unspecified atom stereocenters. The number of hydrogen-bond acceptors (Lipinski definition) is 3. The molecule has 0 spiro atoms. The number of benzene rings is 1. The third kappa shape index (κ3) is 2.63. The van der Waals surface area contributed by atoms with E-state index in [1.54, 1.807) is 29.1 Å². The molecule has 0 fully saturated rings. The van der Waals surface area contributed by atoms with Crippen LogP contribution in [0.25, 0.3) is 0 Å². The Labute approximate surface area is 99.3 Å². The summed E-state index contributed by atoms with van der Waals surface area (Å²) in [5.74, 6) is 0.685. The molecular weight excluding hydrogens is 216 g/mol. The lowest BCUT2D eigenvalue weighted by Gasteiger charge is -2.08. The number of nitrogen functional groups attached to an aromatic ring is 1. The fourth-order valence-electron chi connectivity index (χ4n) is 1.53. The van der Waals surface area contributed by atoms with Gasteiger partial charge >= 0.3 is 0 Å². The number of amides is 1. The van der Waals surface area contributed by atoms with Gasteiger partial charge in [-0.2, -0.15) is 0 Å². The summed E-state index contributed by atoms with van der Waals surface area (Å²) in [5.41, 5.74) is 6.93. The van der Waals surface area contributed by atoms with Gasteiger partial charge in [0.15, 0.2) is 0 Å². The van der Waals surface area contributed by atoms with E-state index >= 15 is 0 Å². The molecule has 0 aliphatic rings. The molecule has 0 saturated carbocycles. The van der Waals surface area contributed by atoms with Crippen molar-refractivity contribution in [3.8, 4) is 0 Å². The van der Waals surface area contributed by atoms with Gasteiger partial charge in [-0.3, -0.25) is 4.79 Å². The second-order valence-electron chi connectivity index (χ2n) is 3.74. The Hall–Kier alpha value is -2.30. The van der Waals surface area contributed by atoms with Crippen LogP contribution in [0.4, 0.5) is 11.4 Å². The first kappa shape index (κ1) is 11.2. The number of carbonyl (C=O) groups is 1. The molecule has 1 aromatic heterocycles. The van der Waals surface area contributed by atoms with Crippen LogP contribution in [0.1, 0.15) is 5.82 Å². The molecule has 0 atom stereocenters. The number of para-hydroxylation sites is 2. The maximum Gasteiger partial charge on any atom is 0.244 e. The third-order valence-corrected chi connectivity index (χ3v) is 2.47. The molecule has 0 aliphatic heterocycles. The monoisotopic (exact) mass is 230 g/mol. The molecule has 1 aromatic carbocycles. The second-order valence-corrected chi connectivity index (χ2v) is 3.74. The van der Waals surface area contributed by atoms with Gasteiger partial charge in [0.25, 0.3) is 0 Å². The molecule has 5 heteroatoms. The second kappa shape index (κ2) is 4.69. The van der Waals surface area contributed by atoms with Crippen molar-refractivity contribution in [3.63, 3.8) is 0 Å². The number of nitrogens with one attached hydrogen (secondary N) is 1. The minimum atomic E-state index is -0.121. The van der Waals surface area contributed by atoms with Crippen LogP contribution >= 0.6 is 0 Å². The molecule has 3 N–H and O–H groups in total. The first-order chi connectivity index (χ1) is 8.16. The van der Waals surface area contributed by atoms with E-state index in [9.17, 15) is 4.79 Å². The Morgan fingerprint density at radius 3 is 2.88 bits per heavy atom. The van der Waals surface area contributed by atoms with Crippen LogP contribution in [0.15, 0.2) is 36.7 Å². The number of rotatable bonds is 3. The van der Waals surface area contributed by atoms with E-state index in [4.69, 9.17) is 5.73 Å². The minimum absolute atomic E-state index is 0.121. The molecule has 2 rings (SSSR count). The Kier molecular flexibility index (Phi) is 3.09. The Bertz CT molecular complexity index is 533. The van der Waals surface area contributed by atoms with E-state index in [1.165, 1.54) is 0 Å². The largest absolute Gasteiger partial charge is 0.397 e. The Balaban J connectivity index is 2.03. The van der Waals surface area contributed by atoms with E-state index in [2.05, 4.69) is 10.3 Å². The zero-order valence-electron chi connectivity index (χ0n) is 9.55. The van der Waals surface area contributed by atoms with Crippen molar-refractivity contribution in [2.24, 2.45) is 0 Å². The van der Waals surface area contributed by atoms with Gasteiger partial charge in [0.05, 0.1) is 11.4 Å². The van der Waals surface area contributed by atoms with Crippen molar-refractivity contribution in [1.29, 1.82) is 0 Å². The van der Waals surface area contributed by atoms with Crippen LogP contribution in [-0.2, 0) is 11.3 Å². The van der Waals surface area contributed by atoms with E-state index in [-0.39, 0.29) is 12.5 Å². The number of anilines is 2. The predicted molar refractivity (Wildman–Crippen MR) is 66.4 cm³/mol. The molecule has 0 radical (unpaired) electrons. The zero-order valence-corrected chi connectivity index (χ0v) is 9.55. The van der Waals surface area contributed by atoms with Crippen LogP contribution in [0.3, 0.4) is 0 Å². The lowest BCUT2D eigenvalue weighted by molar-refractivity contribution is -0.116. The van der Waals surface area contributed by atoms with Gasteiger partial charge in [-0.25, -0.2) is 4.98 Å². The van der Waals surface area contributed by atoms with Gasteiger partial charge in [-0.1, -0.05) is 12.1 Å². The predicted octanol–water partition coefficient (Wildman–Crippen LogP) is 1.41. The summed E-state index contributed by atoms with van der Waals surface area (Å²) in [7, 11) is 0. The lowest BCUT2D eigenvalue weighted by Crippen LogP contribution is -2.19. The summed E-state index contributed by atoms with van der Waals surface area (Å²) >= 11 is 0. The fraction of sp³-hybridized carbons (Fsp3) is 0.167. The van der Waals surface area contributed by atoms with Gasteiger partial charge in [0, 0.05) is 12.4 Å². The van der Waals surface area contributed by atoms with Crippen molar-refractivity contribution in [1.82, 2.24) is 9.55 Å². The minimum Gasteiger partial charge on any atom is -0.397 e. The standard InChI is InChI=1S/C12H14N4O/c1-9-14-6-7-16(9)8-12(17)15-11-5-3-2-4-10(11)13/h2-7H,8,13H2,1H3,(H,15,17). The summed E-state index contributed by atoms with van der Waals surface area (Å²) in [6, 6.07) is 7.17. The van der Waals surface area contributed by atoms with Crippen LogP contribution in [0.2, 0.25) is 0 Å². The van der Waals surface area contributed by atoms with E-state index in [0.717, 1.165) is 5.82 Å². The van der Waals surface area contributed by atoms with Crippen LogP contribution < -0.4 is 11.1 Å². The van der Waals surface area contributed by atoms with Gasteiger partial charge in [0.1, 0.15) is 12.4 Å². The molecule has 0 aliphatic carbocycles. The quantitative estimate of drug-likeness (QED) is 0.783. The molecule has 17 heavy (non-hydrogen) atoms. The molecule has 2 aromatic rings. The summed E-state index contributed by atoms with van der Waals surface area (Å²) in [6.07, 6.45) is 3.43. The molecule has 5 nitrogen and oxygen atoms in total. The van der Waals surface area contributed by atoms with E-state index < -0.39 is 0 Å². The van der Waals surface area contributed by atoms with Crippen molar-refractivity contribution in [2.45, 2.75) is 13.5 Å². The maximum atomic E-state index is 11.8. The highest BCUT2D eigenvalue weighted by Gasteiger charge is 2.06. The molecule has 88 valence electrons.